The minimum absolute atomic E-state index is 0.202. The molecule has 0 fully saturated rings. The van der Waals surface area contributed by atoms with Crippen molar-refractivity contribution in [1.82, 2.24) is 19.6 Å². The molecule has 0 saturated heterocycles. The number of aliphatic hydroxyl groups is 2. The third-order valence-electron chi connectivity index (χ3n) is 2.39. The van der Waals surface area contributed by atoms with Crippen LogP contribution in [0.4, 0.5) is 5.82 Å². The molecule has 0 amide bonds. The monoisotopic (exact) mass is 257 g/mol. The van der Waals surface area contributed by atoms with Crippen molar-refractivity contribution in [2.75, 3.05) is 18.5 Å². The van der Waals surface area contributed by atoms with Gasteiger partial charge < -0.3 is 15.5 Å². The van der Waals surface area contributed by atoms with Crippen molar-refractivity contribution >= 4 is 23.2 Å². The summed E-state index contributed by atoms with van der Waals surface area (Å²) in [6.45, 7) is 1.36. The van der Waals surface area contributed by atoms with E-state index >= 15 is 0 Å². The Morgan fingerprint density at radius 2 is 2.18 bits per heavy atom. The molecule has 0 saturated carbocycles. The van der Waals surface area contributed by atoms with E-state index in [-0.39, 0.29) is 13.2 Å². The van der Waals surface area contributed by atoms with Crippen LogP contribution in [0.25, 0.3) is 5.78 Å². The lowest BCUT2D eigenvalue weighted by molar-refractivity contribution is 0.203. The zero-order valence-electron chi connectivity index (χ0n) is 9.13. The maximum absolute atomic E-state index is 9.05. The van der Waals surface area contributed by atoms with Gasteiger partial charge in [0.15, 0.2) is 0 Å². The van der Waals surface area contributed by atoms with Crippen molar-refractivity contribution in [3.05, 3.63) is 17.0 Å². The Labute approximate surface area is 102 Å². The van der Waals surface area contributed by atoms with E-state index in [1.807, 2.05) is 0 Å². The van der Waals surface area contributed by atoms with Crippen LogP contribution in [-0.2, 0) is 0 Å². The van der Waals surface area contributed by atoms with Gasteiger partial charge in [0.1, 0.15) is 17.3 Å². The Morgan fingerprint density at radius 3 is 2.82 bits per heavy atom. The Hall–Kier alpha value is -1.44. The van der Waals surface area contributed by atoms with E-state index < -0.39 is 6.04 Å². The van der Waals surface area contributed by atoms with E-state index in [0.717, 1.165) is 0 Å². The summed E-state index contributed by atoms with van der Waals surface area (Å²) in [7, 11) is 0. The van der Waals surface area contributed by atoms with Gasteiger partial charge >= 0.3 is 0 Å². The maximum Gasteiger partial charge on any atom is 0.255 e. The molecule has 8 heteroatoms. The zero-order chi connectivity index (χ0) is 12.4. The largest absolute Gasteiger partial charge is 0.394 e. The van der Waals surface area contributed by atoms with Gasteiger partial charge in [-0.3, -0.25) is 0 Å². The van der Waals surface area contributed by atoms with E-state index in [2.05, 4.69) is 20.4 Å². The number of halogens is 1. The van der Waals surface area contributed by atoms with E-state index in [9.17, 15) is 0 Å². The molecule has 17 heavy (non-hydrogen) atoms. The van der Waals surface area contributed by atoms with E-state index in [1.165, 1.54) is 10.8 Å². The van der Waals surface area contributed by atoms with E-state index in [0.29, 0.717) is 22.3 Å². The smallest absolute Gasteiger partial charge is 0.255 e. The van der Waals surface area contributed by atoms with Crippen LogP contribution in [-0.4, -0.2) is 49.1 Å². The van der Waals surface area contributed by atoms with Crippen molar-refractivity contribution in [3.63, 3.8) is 0 Å². The fourth-order valence-electron chi connectivity index (χ4n) is 1.41. The summed E-state index contributed by atoms with van der Waals surface area (Å²) in [5.74, 6) is 0.920. The summed E-state index contributed by atoms with van der Waals surface area (Å²) in [5.41, 5.74) is 0.677. The molecule has 2 aromatic rings. The van der Waals surface area contributed by atoms with Gasteiger partial charge in [-0.25, -0.2) is 0 Å². The first-order chi connectivity index (χ1) is 8.17. The minimum Gasteiger partial charge on any atom is -0.394 e. The predicted octanol–water partition coefficient (Wildman–Crippen LogP) is -0.149. The second-order valence-corrected chi connectivity index (χ2v) is 3.91. The molecule has 2 aromatic heterocycles. The number of aliphatic hydroxyl groups excluding tert-OH is 2. The highest BCUT2D eigenvalue weighted by Gasteiger charge is 2.15. The van der Waals surface area contributed by atoms with Crippen molar-refractivity contribution in [1.29, 1.82) is 0 Å². The molecule has 0 atom stereocenters. The molecule has 0 unspecified atom stereocenters. The number of nitrogens with zero attached hydrogens (tertiary/aromatic N) is 4. The van der Waals surface area contributed by atoms with Crippen LogP contribution in [0.3, 0.4) is 0 Å². The van der Waals surface area contributed by atoms with Crippen molar-refractivity contribution < 1.29 is 10.2 Å². The quantitative estimate of drug-likeness (QED) is 0.660. The van der Waals surface area contributed by atoms with Gasteiger partial charge in [0, 0.05) is 5.56 Å². The van der Waals surface area contributed by atoms with Gasteiger partial charge in [-0.1, -0.05) is 11.6 Å². The Kier molecular flexibility index (Phi) is 3.41. The molecule has 2 heterocycles. The first-order valence-electron chi connectivity index (χ1n) is 5.01. The van der Waals surface area contributed by atoms with Crippen LogP contribution in [0.2, 0.25) is 5.15 Å². The van der Waals surface area contributed by atoms with Crippen LogP contribution in [0, 0.1) is 6.92 Å². The molecular weight excluding hydrogens is 246 g/mol. The molecule has 7 nitrogen and oxygen atoms in total. The van der Waals surface area contributed by atoms with Crippen molar-refractivity contribution in [2.45, 2.75) is 13.0 Å². The second-order valence-electron chi connectivity index (χ2n) is 3.55. The highest BCUT2D eigenvalue weighted by molar-refractivity contribution is 6.30. The lowest BCUT2D eigenvalue weighted by Gasteiger charge is -2.17. The van der Waals surface area contributed by atoms with Crippen molar-refractivity contribution in [3.8, 4) is 0 Å². The first-order valence-corrected chi connectivity index (χ1v) is 5.39. The Balaban J connectivity index is 2.50. The third kappa shape index (κ3) is 2.17. The van der Waals surface area contributed by atoms with Crippen LogP contribution in [0.5, 0.6) is 0 Å². The molecule has 0 aliphatic heterocycles. The molecule has 3 N–H and O–H groups in total. The normalized spacial score (nSPS) is 11.4. The number of aromatic nitrogens is 4. The van der Waals surface area contributed by atoms with Crippen LogP contribution in [0.1, 0.15) is 5.56 Å². The number of hydrogen-bond acceptors (Lipinski definition) is 6. The average molecular weight is 258 g/mol. The first kappa shape index (κ1) is 12.0. The van der Waals surface area contributed by atoms with Gasteiger partial charge in [-0.15, -0.1) is 0 Å². The zero-order valence-corrected chi connectivity index (χ0v) is 9.89. The van der Waals surface area contributed by atoms with Crippen LogP contribution < -0.4 is 5.32 Å². The number of rotatable bonds is 4. The lowest BCUT2D eigenvalue weighted by Crippen LogP contribution is -2.29. The predicted molar refractivity (Wildman–Crippen MR) is 62.1 cm³/mol. The molecule has 0 aromatic carbocycles. The summed E-state index contributed by atoms with van der Waals surface area (Å²) in [6.07, 6.45) is 1.36. The number of nitrogens with one attached hydrogen (secondary N) is 1. The molecule has 0 spiro atoms. The summed E-state index contributed by atoms with van der Waals surface area (Å²) in [5, 5.41) is 25.4. The third-order valence-corrected chi connectivity index (χ3v) is 2.75. The number of hydrogen-bond donors (Lipinski definition) is 3. The Morgan fingerprint density at radius 1 is 1.47 bits per heavy atom. The van der Waals surface area contributed by atoms with Gasteiger partial charge in [0.2, 0.25) is 0 Å². The van der Waals surface area contributed by atoms with Crippen LogP contribution in [0.15, 0.2) is 6.33 Å². The molecule has 0 aliphatic rings. The fourth-order valence-corrected chi connectivity index (χ4v) is 1.57. The molecule has 0 aliphatic carbocycles. The van der Waals surface area contributed by atoms with Gasteiger partial charge in [0.25, 0.3) is 5.78 Å². The minimum atomic E-state index is -0.487. The van der Waals surface area contributed by atoms with Gasteiger partial charge in [-0.05, 0) is 6.92 Å². The maximum atomic E-state index is 9.05. The van der Waals surface area contributed by atoms with Gasteiger partial charge in [0.05, 0.1) is 19.3 Å². The highest BCUT2D eigenvalue weighted by Crippen LogP contribution is 2.22. The molecule has 0 bridgehead atoms. The van der Waals surface area contributed by atoms with Gasteiger partial charge in [-0.2, -0.15) is 19.6 Å². The van der Waals surface area contributed by atoms with Crippen LogP contribution >= 0.6 is 11.6 Å². The average Bonchev–Trinajstić information content (AvgIpc) is 2.78. The fraction of sp³-hybridized carbons (Fsp3) is 0.444. The summed E-state index contributed by atoms with van der Waals surface area (Å²) in [4.78, 5) is 7.98. The topological polar surface area (TPSA) is 95.6 Å². The standard InChI is InChI=1S/C9H12ClN5O2/c1-5-7(10)14-9-11-4-12-15(9)8(5)13-6(2-16)3-17/h4,6,13,16-17H,2-3H2,1H3. The summed E-state index contributed by atoms with van der Waals surface area (Å²) < 4.78 is 1.47. The van der Waals surface area contributed by atoms with E-state index in [1.54, 1.807) is 6.92 Å². The SMILES string of the molecule is Cc1c(Cl)nc2ncnn2c1NC(CO)CO. The summed E-state index contributed by atoms with van der Waals surface area (Å²) in [6, 6.07) is -0.487. The second kappa shape index (κ2) is 4.82. The lowest BCUT2D eigenvalue weighted by atomic mass is 10.3. The van der Waals surface area contributed by atoms with E-state index in [4.69, 9.17) is 21.8 Å². The number of anilines is 1. The summed E-state index contributed by atoms with van der Waals surface area (Å²) >= 11 is 5.96. The highest BCUT2D eigenvalue weighted by atomic mass is 35.5. The molecular formula is C9H12ClN5O2. The molecule has 0 radical (unpaired) electrons. The molecule has 2 rings (SSSR count). The Bertz CT molecular complexity index is 525. The molecule has 92 valence electrons. The van der Waals surface area contributed by atoms with Crippen molar-refractivity contribution in [2.24, 2.45) is 0 Å². The number of fused-ring (bicyclic) bond motifs is 1.